The van der Waals surface area contributed by atoms with Crippen molar-refractivity contribution in [3.05, 3.63) is 47.0 Å². The highest BCUT2D eigenvalue weighted by Gasteiger charge is 2.32. The van der Waals surface area contributed by atoms with Gasteiger partial charge in [0.05, 0.1) is 24.8 Å². The van der Waals surface area contributed by atoms with Crippen LogP contribution in [0.3, 0.4) is 0 Å². The monoisotopic (exact) mass is 419 g/mol. The molecular formula is C20H30ClN7O. The molecule has 2 aromatic rings. The fourth-order valence-electron chi connectivity index (χ4n) is 3.52. The summed E-state index contributed by atoms with van der Waals surface area (Å²) >= 11 is 6.11. The molecule has 1 aromatic heterocycles. The second-order valence-corrected chi connectivity index (χ2v) is 8.19. The minimum absolute atomic E-state index is 0.170. The third-order valence-electron chi connectivity index (χ3n) is 5.06. The molecule has 0 spiro atoms. The number of nitrogens with one attached hydrogen (secondary N) is 2. The lowest BCUT2D eigenvalue weighted by Crippen LogP contribution is -2.52. The third-order valence-corrected chi connectivity index (χ3v) is 5.31. The Kier molecular flexibility index (Phi) is 7.10. The number of ether oxygens (including phenoxy) is 1. The molecule has 9 heteroatoms. The molecule has 1 aliphatic heterocycles. The maximum Gasteiger partial charge on any atom is 0.191 e. The van der Waals surface area contributed by atoms with Crippen molar-refractivity contribution in [1.29, 1.82) is 0 Å². The second kappa shape index (κ2) is 9.56. The second-order valence-electron chi connectivity index (χ2n) is 7.75. The standard InChI is InChI=1S/C20H30ClN7O/c1-20(2)13-28(9-10-29-20)17(15-5-7-16(21)8-6-15)11-23-19(22-3)24-12-18-25-14-26-27(18)4/h5-8,14,17H,9-13H2,1-4H3,(H2,22,23,24). The summed E-state index contributed by atoms with van der Waals surface area (Å²) in [5.74, 6) is 1.57. The van der Waals surface area contributed by atoms with E-state index >= 15 is 0 Å². The molecule has 1 saturated heterocycles. The molecule has 29 heavy (non-hydrogen) atoms. The van der Waals surface area contributed by atoms with Gasteiger partial charge in [-0.1, -0.05) is 23.7 Å². The van der Waals surface area contributed by atoms with Gasteiger partial charge in [-0.05, 0) is 31.5 Å². The predicted octanol–water partition coefficient (Wildman–Crippen LogP) is 1.99. The quantitative estimate of drug-likeness (QED) is 0.550. The molecule has 0 aliphatic carbocycles. The number of hydrogen-bond acceptors (Lipinski definition) is 5. The summed E-state index contributed by atoms with van der Waals surface area (Å²) in [6.45, 7) is 7.97. The molecule has 8 nitrogen and oxygen atoms in total. The number of guanidine groups is 1. The molecule has 3 rings (SSSR count). The normalized spacial score (nSPS) is 18.4. The van der Waals surface area contributed by atoms with Gasteiger partial charge in [0.1, 0.15) is 12.2 Å². The molecule has 158 valence electrons. The predicted molar refractivity (Wildman–Crippen MR) is 115 cm³/mol. The molecule has 0 saturated carbocycles. The molecule has 1 aromatic carbocycles. The zero-order valence-corrected chi connectivity index (χ0v) is 18.3. The van der Waals surface area contributed by atoms with Crippen molar-refractivity contribution in [3.63, 3.8) is 0 Å². The number of morpholine rings is 1. The topological polar surface area (TPSA) is 79.6 Å². The molecule has 2 heterocycles. The molecule has 1 fully saturated rings. The van der Waals surface area contributed by atoms with Crippen molar-refractivity contribution < 1.29 is 4.74 Å². The van der Waals surface area contributed by atoms with Gasteiger partial charge in [0.25, 0.3) is 0 Å². The third kappa shape index (κ3) is 5.91. The maximum absolute atomic E-state index is 6.11. The van der Waals surface area contributed by atoms with Gasteiger partial charge in [0.2, 0.25) is 0 Å². The summed E-state index contributed by atoms with van der Waals surface area (Å²) in [5, 5.41) is 11.6. The van der Waals surface area contributed by atoms with Crippen LogP contribution in [0, 0.1) is 0 Å². The van der Waals surface area contributed by atoms with E-state index in [-0.39, 0.29) is 11.6 Å². The van der Waals surface area contributed by atoms with Crippen molar-refractivity contribution in [3.8, 4) is 0 Å². The molecule has 2 N–H and O–H groups in total. The first-order chi connectivity index (χ1) is 13.9. The Hall–Kier alpha value is -2.16. The van der Waals surface area contributed by atoms with Gasteiger partial charge < -0.3 is 15.4 Å². The van der Waals surface area contributed by atoms with Crippen LogP contribution >= 0.6 is 11.6 Å². The minimum Gasteiger partial charge on any atom is -0.373 e. The summed E-state index contributed by atoms with van der Waals surface area (Å²) in [7, 11) is 3.64. The Morgan fingerprint density at radius 2 is 2.07 bits per heavy atom. The molecule has 0 amide bonds. The van der Waals surface area contributed by atoms with Gasteiger partial charge in [-0.15, -0.1) is 0 Å². The van der Waals surface area contributed by atoms with Crippen molar-refractivity contribution in [1.82, 2.24) is 30.3 Å². The molecule has 0 radical (unpaired) electrons. The molecule has 1 aliphatic rings. The van der Waals surface area contributed by atoms with Gasteiger partial charge >= 0.3 is 0 Å². The molecule has 1 atom stereocenters. The van der Waals surface area contributed by atoms with E-state index < -0.39 is 0 Å². The van der Waals surface area contributed by atoms with E-state index in [4.69, 9.17) is 16.3 Å². The Morgan fingerprint density at radius 3 is 2.69 bits per heavy atom. The van der Waals surface area contributed by atoms with E-state index in [2.05, 4.69) is 56.6 Å². The van der Waals surface area contributed by atoms with Crippen LogP contribution in [0.5, 0.6) is 0 Å². The average Bonchev–Trinajstić information content (AvgIpc) is 3.10. The molecular weight excluding hydrogens is 390 g/mol. The maximum atomic E-state index is 6.11. The number of halogens is 1. The minimum atomic E-state index is -0.173. The highest BCUT2D eigenvalue weighted by Crippen LogP contribution is 2.27. The first-order valence-electron chi connectivity index (χ1n) is 9.79. The number of aliphatic imine (C=N–C) groups is 1. The Bertz CT molecular complexity index is 818. The van der Waals surface area contributed by atoms with E-state index in [1.54, 1.807) is 18.1 Å². The van der Waals surface area contributed by atoms with E-state index in [1.165, 1.54) is 5.56 Å². The van der Waals surface area contributed by atoms with E-state index in [0.717, 1.165) is 36.5 Å². The van der Waals surface area contributed by atoms with E-state index in [1.807, 2.05) is 19.2 Å². The SMILES string of the molecule is CN=C(NCc1ncnn1C)NCC(c1ccc(Cl)cc1)N1CCOC(C)(C)C1. The smallest absolute Gasteiger partial charge is 0.191 e. The lowest BCUT2D eigenvalue weighted by atomic mass is 10.0. The number of nitrogens with zero attached hydrogens (tertiary/aromatic N) is 5. The van der Waals surface area contributed by atoms with E-state index in [0.29, 0.717) is 13.1 Å². The van der Waals surface area contributed by atoms with Gasteiger partial charge in [-0.2, -0.15) is 5.10 Å². The van der Waals surface area contributed by atoms with Crippen molar-refractivity contribution >= 4 is 17.6 Å². The number of aromatic nitrogens is 3. The lowest BCUT2D eigenvalue weighted by molar-refractivity contribution is -0.0971. The van der Waals surface area contributed by atoms with Crippen LogP contribution in [0.1, 0.15) is 31.3 Å². The van der Waals surface area contributed by atoms with Crippen LogP contribution in [0.4, 0.5) is 0 Å². The first kappa shape index (κ1) is 21.5. The molecule has 1 unspecified atom stereocenters. The van der Waals surface area contributed by atoms with Gasteiger partial charge in [-0.3, -0.25) is 14.6 Å². The fourth-order valence-corrected chi connectivity index (χ4v) is 3.64. The van der Waals surface area contributed by atoms with Crippen LogP contribution in [-0.2, 0) is 18.3 Å². The van der Waals surface area contributed by atoms with Crippen molar-refractivity contribution in [2.24, 2.45) is 12.0 Å². The average molecular weight is 420 g/mol. The highest BCUT2D eigenvalue weighted by molar-refractivity contribution is 6.30. The summed E-state index contributed by atoms with van der Waals surface area (Å²) in [6, 6.07) is 8.23. The van der Waals surface area contributed by atoms with Crippen LogP contribution in [0.25, 0.3) is 0 Å². The number of rotatable bonds is 6. The van der Waals surface area contributed by atoms with Crippen molar-refractivity contribution in [2.45, 2.75) is 32.0 Å². The zero-order chi connectivity index (χ0) is 20.9. The van der Waals surface area contributed by atoms with Gasteiger partial charge in [0.15, 0.2) is 5.96 Å². The highest BCUT2D eigenvalue weighted by atomic mass is 35.5. The summed E-state index contributed by atoms with van der Waals surface area (Å²) in [5.41, 5.74) is 1.04. The largest absolute Gasteiger partial charge is 0.373 e. The first-order valence-corrected chi connectivity index (χ1v) is 10.2. The number of aryl methyl sites for hydroxylation is 1. The fraction of sp³-hybridized carbons (Fsp3) is 0.550. The van der Waals surface area contributed by atoms with Gasteiger partial charge in [0, 0.05) is 38.8 Å². The van der Waals surface area contributed by atoms with E-state index in [9.17, 15) is 0 Å². The summed E-state index contributed by atoms with van der Waals surface area (Å²) in [4.78, 5) is 11.0. The van der Waals surface area contributed by atoms with Gasteiger partial charge in [-0.25, -0.2) is 4.98 Å². The zero-order valence-electron chi connectivity index (χ0n) is 17.5. The van der Waals surface area contributed by atoms with Crippen molar-refractivity contribution in [2.75, 3.05) is 33.3 Å². The van der Waals surface area contributed by atoms with Crippen LogP contribution < -0.4 is 10.6 Å². The Balaban J connectivity index is 1.68. The Labute approximate surface area is 177 Å². The summed E-state index contributed by atoms with van der Waals surface area (Å²) in [6.07, 6.45) is 1.55. The summed E-state index contributed by atoms with van der Waals surface area (Å²) < 4.78 is 7.65. The van der Waals surface area contributed by atoms with Crippen LogP contribution in [0.2, 0.25) is 5.02 Å². The molecule has 0 bridgehead atoms. The number of benzene rings is 1. The Morgan fingerprint density at radius 1 is 1.31 bits per heavy atom. The van der Waals surface area contributed by atoms with Crippen LogP contribution in [-0.4, -0.2) is 64.5 Å². The lowest BCUT2D eigenvalue weighted by Gasteiger charge is -2.42. The van der Waals surface area contributed by atoms with Crippen LogP contribution in [0.15, 0.2) is 35.6 Å². The number of hydrogen-bond donors (Lipinski definition) is 2.